The van der Waals surface area contributed by atoms with Crippen molar-refractivity contribution in [3.8, 4) is 0 Å². The van der Waals surface area contributed by atoms with Gasteiger partial charge in [0.05, 0.1) is 18.4 Å². The van der Waals surface area contributed by atoms with Crippen LogP contribution in [0.2, 0.25) is 0 Å². The molecule has 0 aliphatic carbocycles. The van der Waals surface area contributed by atoms with E-state index in [0.29, 0.717) is 18.0 Å². The number of nitrogens with zero attached hydrogens (tertiary/aromatic N) is 5. The predicted molar refractivity (Wildman–Crippen MR) is 70.4 cm³/mol. The number of aromatic nitrogens is 5. The second-order valence-electron chi connectivity index (χ2n) is 4.08. The molecular weight excluding hydrogens is 242 g/mol. The summed E-state index contributed by atoms with van der Waals surface area (Å²) < 4.78 is 1.60. The van der Waals surface area contributed by atoms with Crippen molar-refractivity contribution in [3.63, 3.8) is 0 Å². The third-order valence-electron chi connectivity index (χ3n) is 2.87. The van der Waals surface area contributed by atoms with E-state index in [1.807, 2.05) is 30.3 Å². The zero-order valence-corrected chi connectivity index (χ0v) is 10.1. The van der Waals surface area contributed by atoms with Crippen LogP contribution in [0.4, 0.5) is 5.82 Å². The van der Waals surface area contributed by atoms with Crippen LogP contribution in [0.5, 0.6) is 0 Å². The minimum Gasteiger partial charge on any atom is -0.361 e. The summed E-state index contributed by atoms with van der Waals surface area (Å²) >= 11 is 0. The Hall–Kier alpha value is -2.54. The van der Waals surface area contributed by atoms with Crippen LogP contribution in [-0.4, -0.2) is 31.6 Å². The van der Waals surface area contributed by atoms with Gasteiger partial charge in [-0.1, -0.05) is 30.3 Å². The van der Waals surface area contributed by atoms with Crippen molar-refractivity contribution in [2.45, 2.75) is 6.04 Å². The van der Waals surface area contributed by atoms with Crippen molar-refractivity contribution in [1.82, 2.24) is 25.0 Å². The van der Waals surface area contributed by atoms with E-state index in [0.717, 1.165) is 5.56 Å². The van der Waals surface area contributed by atoms with Crippen molar-refractivity contribution >= 4 is 11.5 Å². The van der Waals surface area contributed by atoms with Crippen molar-refractivity contribution in [2.24, 2.45) is 5.73 Å². The lowest BCUT2D eigenvalue weighted by atomic mass is 10.1. The maximum Gasteiger partial charge on any atom is 0.199 e. The first-order valence-electron chi connectivity index (χ1n) is 5.92. The zero-order chi connectivity index (χ0) is 13.1. The maximum absolute atomic E-state index is 5.83. The Kier molecular flexibility index (Phi) is 3.03. The van der Waals surface area contributed by atoms with Gasteiger partial charge in [-0.05, 0) is 16.0 Å². The van der Waals surface area contributed by atoms with Gasteiger partial charge in [0.15, 0.2) is 11.5 Å². The predicted octanol–water partition coefficient (Wildman–Crippen LogP) is 0.631. The van der Waals surface area contributed by atoms with Crippen LogP contribution in [0.1, 0.15) is 11.6 Å². The van der Waals surface area contributed by atoms with E-state index < -0.39 is 0 Å². The molecule has 0 radical (unpaired) electrons. The molecule has 2 heterocycles. The fourth-order valence-corrected chi connectivity index (χ4v) is 1.92. The van der Waals surface area contributed by atoms with Crippen molar-refractivity contribution < 1.29 is 0 Å². The first kappa shape index (κ1) is 11.5. The first-order valence-corrected chi connectivity index (χ1v) is 5.92. The van der Waals surface area contributed by atoms with E-state index in [1.54, 1.807) is 16.9 Å². The van der Waals surface area contributed by atoms with Crippen LogP contribution in [0, 0.1) is 0 Å². The summed E-state index contributed by atoms with van der Waals surface area (Å²) in [5.74, 6) is 0.710. The van der Waals surface area contributed by atoms with E-state index in [2.05, 4.69) is 25.8 Å². The number of benzene rings is 1. The molecule has 96 valence electrons. The van der Waals surface area contributed by atoms with Gasteiger partial charge in [0.1, 0.15) is 0 Å². The first-order chi connectivity index (χ1) is 9.38. The van der Waals surface area contributed by atoms with Crippen LogP contribution in [0.15, 0.2) is 42.7 Å². The Morgan fingerprint density at radius 1 is 1.21 bits per heavy atom. The fraction of sp³-hybridized carbons (Fsp3) is 0.167. The normalized spacial score (nSPS) is 12.5. The largest absolute Gasteiger partial charge is 0.361 e. The van der Waals surface area contributed by atoms with E-state index in [9.17, 15) is 0 Å². The van der Waals surface area contributed by atoms with Crippen LogP contribution in [-0.2, 0) is 0 Å². The summed E-state index contributed by atoms with van der Waals surface area (Å²) in [6.45, 7) is 0.461. The Labute approximate surface area is 109 Å². The standard InChI is InChI=1S/C12H13N7/c13-6-10(9-4-2-1-3-5-9)15-11-7-14-8-12-16-17-18-19(11)12/h1-5,7-8,10,15H,6,13H2. The van der Waals surface area contributed by atoms with Gasteiger partial charge in [-0.25, -0.2) is 0 Å². The number of rotatable bonds is 4. The number of nitrogens with two attached hydrogens (primary N) is 1. The fourth-order valence-electron chi connectivity index (χ4n) is 1.92. The zero-order valence-electron chi connectivity index (χ0n) is 10.1. The van der Waals surface area contributed by atoms with Gasteiger partial charge in [-0.2, -0.15) is 4.52 Å². The summed E-state index contributed by atoms with van der Waals surface area (Å²) in [4.78, 5) is 4.10. The Morgan fingerprint density at radius 2 is 2.05 bits per heavy atom. The molecule has 7 nitrogen and oxygen atoms in total. The highest BCUT2D eigenvalue weighted by molar-refractivity contribution is 5.45. The van der Waals surface area contributed by atoms with Gasteiger partial charge in [-0.3, -0.25) is 4.98 Å². The number of hydrogen-bond acceptors (Lipinski definition) is 6. The molecule has 0 spiro atoms. The third-order valence-corrected chi connectivity index (χ3v) is 2.87. The molecule has 7 heteroatoms. The minimum absolute atomic E-state index is 0.0159. The second-order valence-corrected chi connectivity index (χ2v) is 4.08. The highest BCUT2D eigenvalue weighted by Crippen LogP contribution is 2.17. The molecule has 0 amide bonds. The molecule has 2 aromatic heterocycles. The average Bonchev–Trinajstić information content (AvgIpc) is 2.95. The maximum atomic E-state index is 5.83. The minimum atomic E-state index is -0.0159. The highest BCUT2D eigenvalue weighted by atomic mass is 15.5. The van der Waals surface area contributed by atoms with Gasteiger partial charge in [-0.15, -0.1) is 5.10 Å². The number of tetrazole rings is 1. The summed E-state index contributed by atoms with van der Waals surface area (Å²) in [6, 6.07) is 9.97. The van der Waals surface area contributed by atoms with E-state index in [4.69, 9.17) is 5.73 Å². The molecule has 0 saturated carbocycles. The van der Waals surface area contributed by atoms with Gasteiger partial charge in [0, 0.05) is 6.54 Å². The number of hydrogen-bond donors (Lipinski definition) is 2. The average molecular weight is 255 g/mol. The Bertz CT molecular complexity index is 664. The highest BCUT2D eigenvalue weighted by Gasteiger charge is 2.12. The number of fused-ring (bicyclic) bond motifs is 1. The lowest BCUT2D eigenvalue weighted by molar-refractivity contribution is 0.757. The molecule has 19 heavy (non-hydrogen) atoms. The van der Waals surface area contributed by atoms with Crippen LogP contribution in [0.25, 0.3) is 5.65 Å². The Morgan fingerprint density at radius 3 is 2.84 bits per heavy atom. The second kappa shape index (κ2) is 4.99. The molecule has 3 rings (SSSR count). The van der Waals surface area contributed by atoms with Gasteiger partial charge in [0.2, 0.25) is 0 Å². The molecule has 0 bridgehead atoms. The molecule has 0 fully saturated rings. The van der Waals surface area contributed by atoms with Crippen LogP contribution < -0.4 is 11.1 Å². The molecule has 3 N–H and O–H groups in total. The number of nitrogens with one attached hydrogen (secondary N) is 1. The lowest BCUT2D eigenvalue weighted by Gasteiger charge is -2.18. The van der Waals surface area contributed by atoms with E-state index in [-0.39, 0.29) is 6.04 Å². The molecule has 0 aliphatic rings. The van der Waals surface area contributed by atoms with Crippen LogP contribution >= 0.6 is 0 Å². The summed E-state index contributed by atoms with van der Waals surface area (Å²) in [7, 11) is 0. The molecular formula is C12H13N7. The SMILES string of the molecule is NCC(Nc1cncc2nnnn12)c1ccccc1. The molecule has 1 aromatic carbocycles. The van der Waals surface area contributed by atoms with E-state index >= 15 is 0 Å². The topological polar surface area (TPSA) is 94.0 Å². The smallest absolute Gasteiger partial charge is 0.199 e. The summed E-state index contributed by atoms with van der Waals surface area (Å²) in [6.07, 6.45) is 3.28. The monoisotopic (exact) mass is 255 g/mol. The van der Waals surface area contributed by atoms with Gasteiger partial charge >= 0.3 is 0 Å². The summed E-state index contributed by atoms with van der Waals surface area (Å²) in [5.41, 5.74) is 7.53. The number of anilines is 1. The Balaban J connectivity index is 1.93. The quantitative estimate of drug-likeness (QED) is 0.710. The molecule has 1 atom stereocenters. The molecule has 1 unspecified atom stereocenters. The van der Waals surface area contributed by atoms with E-state index in [1.165, 1.54) is 0 Å². The molecule has 3 aromatic rings. The lowest BCUT2D eigenvalue weighted by Crippen LogP contribution is -2.22. The van der Waals surface area contributed by atoms with Crippen LogP contribution in [0.3, 0.4) is 0 Å². The van der Waals surface area contributed by atoms with Crippen molar-refractivity contribution in [3.05, 3.63) is 48.3 Å². The van der Waals surface area contributed by atoms with Gasteiger partial charge < -0.3 is 11.1 Å². The summed E-state index contributed by atoms with van der Waals surface area (Å²) in [5, 5.41) is 14.7. The third kappa shape index (κ3) is 2.23. The van der Waals surface area contributed by atoms with Gasteiger partial charge in [0.25, 0.3) is 0 Å². The van der Waals surface area contributed by atoms with Crippen molar-refractivity contribution in [1.29, 1.82) is 0 Å². The molecule has 0 saturated heterocycles. The molecule has 0 aliphatic heterocycles. The van der Waals surface area contributed by atoms with Crippen molar-refractivity contribution in [2.75, 3.05) is 11.9 Å².